The first-order valence-corrected chi connectivity index (χ1v) is 7.05. The number of para-hydroxylation sites is 1. The summed E-state index contributed by atoms with van der Waals surface area (Å²) in [6.45, 7) is 4.32. The Morgan fingerprint density at radius 2 is 2.10 bits per heavy atom. The third kappa shape index (κ3) is 2.00. The molecule has 0 bridgehead atoms. The number of hydrogen-bond acceptors (Lipinski definition) is 3. The molecular weight excluding hydrogens is 252 g/mol. The van der Waals surface area contributed by atoms with Crippen molar-refractivity contribution in [3.63, 3.8) is 0 Å². The van der Waals surface area contributed by atoms with E-state index < -0.39 is 0 Å². The maximum Gasteiger partial charge on any atom is 0.323 e. The Morgan fingerprint density at radius 3 is 2.80 bits per heavy atom. The number of H-pyrrole nitrogens is 1. The minimum atomic E-state index is -0.265. The van der Waals surface area contributed by atoms with Crippen LogP contribution >= 0.6 is 0 Å². The standard InChI is InChI=1S/C16H20N2O2/c1-9(2)14-15-11(8-13(18-14)16(19)20-3)10-6-4-5-7-12(10)17-15/h4-7,9,13-14,17-18H,8H2,1-3H3/t13-,14+/m1/s1. The Labute approximate surface area is 118 Å². The van der Waals surface area contributed by atoms with Gasteiger partial charge in [-0.2, -0.15) is 0 Å². The zero-order valence-corrected chi connectivity index (χ0v) is 12.1. The molecule has 20 heavy (non-hydrogen) atoms. The average molecular weight is 272 g/mol. The summed E-state index contributed by atoms with van der Waals surface area (Å²) in [4.78, 5) is 15.4. The van der Waals surface area contributed by atoms with E-state index in [0.717, 1.165) is 5.52 Å². The van der Waals surface area contributed by atoms with Crippen LogP contribution in [0.2, 0.25) is 0 Å². The highest BCUT2D eigenvalue weighted by molar-refractivity contribution is 5.87. The largest absolute Gasteiger partial charge is 0.468 e. The number of carbonyl (C=O) groups is 1. The zero-order valence-electron chi connectivity index (χ0n) is 12.1. The lowest BCUT2D eigenvalue weighted by molar-refractivity contribution is -0.143. The van der Waals surface area contributed by atoms with E-state index in [4.69, 9.17) is 4.74 Å². The second-order valence-electron chi connectivity index (χ2n) is 5.73. The summed E-state index contributed by atoms with van der Waals surface area (Å²) in [6, 6.07) is 8.14. The Bertz CT molecular complexity index is 645. The van der Waals surface area contributed by atoms with Gasteiger partial charge in [-0.25, -0.2) is 0 Å². The molecule has 1 aliphatic rings. The minimum absolute atomic E-state index is 0.148. The molecule has 1 aromatic heterocycles. The van der Waals surface area contributed by atoms with Crippen molar-refractivity contribution >= 4 is 16.9 Å². The molecule has 2 aromatic rings. The predicted molar refractivity (Wildman–Crippen MR) is 78.5 cm³/mol. The van der Waals surface area contributed by atoms with Crippen LogP contribution < -0.4 is 5.32 Å². The molecule has 0 aliphatic carbocycles. The van der Waals surface area contributed by atoms with E-state index >= 15 is 0 Å². The first-order chi connectivity index (χ1) is 9.61. The van der Waals surface area contributed by atoms with Crippen LogP contribution in [0.3, 0.4) is 0 Å². The fraction of sp³-hybridized carbons (Fsp3) is 0.438. The van der Waals surface area contributed by atoms with Crippen molar-refractivity contribution in [1.29, 1.82) is 0 Å². The molecule has 2 N–H and O–H groups in total. The summed E-state index contributed by atoms with van der Waals surface area (Å²) in [5.74, 6) is 0.209. The van der Waals surface area contributed by atoms with E-state index in [-0.39, 0.29) is 18.1 Å². The van der Waals surface area contributed by atoms with Crippen LogP contribution in [0, 0.1) is 5.92 Å². The summed E-state index contributed by atoms with van der Waals surface area (Å²) < 4.78 is 4.91. The summed E-state index contributed by atoms with van der Waals surface area (Å²) in [7, 11) is 1.44. The van der Waals surface area contributed by atoms with Gasteiger partial charge in [0, 0.05) is 23.0 Å². The van der Waals surface area contributed by atoms with Crippen molar-refractivity contribution in [2.45, 2.75) is 32.4 Å². The summed E-state index contributed by atoms with van der Waals surface area (Å²) in [5.41, 5.74) is 3.59. The molecule has 106 valence electrons. The molecule has 2 atom stereocenters. The molecule has 0 fully saturated rings. The smallest absolute Gasteiger partial charge is 0.323 e. The monoisotopic (exact) mass is 272 g/mol. The summed E-state index contributed by atoms with van der Waals surface area (Å²) in [5, 5.41) is 4.63. The minimum Gasteiger partial charge on any atom is -0.468 e. The lowest BCUT2D eigenvalue weighted by Gasteiger charge is -2.32. The molecular formula is C16H20N2O2. The van der Waals surface area contributed by atoms with Crippen LogP contribution in [0.15, 0.2) is 24.3 Å². The van der Waals surface area contributed by atoms with Crippen molar-refractivity contribution in [3.05, 3.63) is 35.5 Å². The average Bonchev–Trinajstić information content (AvgIpc) is 2.83. The lowest BCUT2D eigenvalue weighted by atomic mass is 9.89. The van der Waals surface area contributed by atoms with Crippen LogP contribution in [-0.4, -0.2) is 24.1 Å². The first-order valence-electron chi connectivity index (χ1n) is 7.05. The van der Waals surface area contributed by atoms with Gasteiger partial charge in [-0.3, -0.25) is 10.1 Å². The number of ether oxygens (including phenoxy) is 1. The quantitative estimate of drug-likeness (QED) is 0.826. The van der Waals surface area contributed by atoms with Crippen LogP contribution in [0.1, 0.15) is 31.1 Å². The van der Waals surface area contributed by atoms with Gasteiger partial charge >= 0.3 is 5.97 Å². The highest BCUT2D eigenvalue weighted by Gasteiger charge is 2.34. The molecule has 0 unspecified atom stereocenters. The second-order valence-corrected chi connectivity index (χ2v) is 5.73. The molecule has 0 saturated heterocycles. The third-order valence-electron chi connectivity index (χ3n) is 4.10. The highest BCUT2D eigenvalue weighted by atomic mass is 16.5. The van der Waals surface area contributed by atoms with Crippen molar-refractivity contribution in [2.75, 3.05) is 7.11 Å². The van der Waals surface area contributed by atoms with Crippen LogP contribution in [0.5, 0.6) is 0 Å². The van der Waals surface area contributed by atoms with Crippen molar-refractivity contribution in [3.8, 4) is 0 Å². The number of carbonyl (C=O) groups excluding carboxylic acids is 1. The van der Waals surface area contributed by atoms with Crippen molar-refractivity contribution in [1.82, 2.24) is 10.3 Å². The van der Waals surface area contributed by atoms with E-state index in [2.05, 4.69) is 36.3 Å². The fourth-order valence-corrected chi connectivity index (χ4v) is 3.09. The van der Waals surface area contributed by atoms with E-state index in [1.807, 2.05) is 12.1 Å². The van der Waals surface area contributed by atoms with Crippen molar-refractivity contribution < 1.29 is 9.53 Å². The number of rotatable bonds is 2. The topological polar surface area (TPSA) is 54.1 Å². The number of benzene rings is 1. The number of hydrogen-bond donors (Lipinski definition) is 2. The van der Waals surface area contributed by atoms with Gasteiger partial charge in [0.05, 0.1) is 13.2 Å². The number of methoxy groups -OCH3 is 1. The third-order valence-corrected chi connectivity index (χ3v) is 4.10. The molecule has 0 amide bonds. The first kappa shape index (κ1) is 13.2. The molecule has 2 heterocycles. The van der Waals surface area contributed by atoms with Gasteiger partial charge < -0.3 is 9.72 Å². The van der Waals surface area contributed by atoms with Crippen LogP contribution in [0.4, 0.5) is 0 Å². The normalized spacial score (nSPS) is 22.0. The van der Waals surface area contributed by atoms with E-state index in [0.29, 0.717) is 12.3 Å². The van der Waals surface area contributed by atoms with Crippen molar-refractivity contribution in [2.24, 2.45) is 5.92 Å². The van der Waals surface area contributed by atoms with Gasteiger partial charge in [0.1, 0.15) is 6.04 Å². The van der Waals surface area contributed by atoms with E-state index in [1.54, 1.807) is 0 Å². The highest BCUT2D eigenvalue weighted by Crippen LogP contribution is 2.35. The number of nitrogens with one attached hydrogen (secondary N) is 2. The number of fused-ring (bicyclic) bond motifs is 3. The Balaban J connectivity index is 2.11. The van der Waals surface area contributed by atoms with Crippen LogP contribution in [0.25, 0.3) is 10.9 Å². The Morgan fingerprint density at radius 1 is 1.35 bits per heavy atom. The molecule has 4 heteroatoms. The van der Waals surface area contributed by atoms with E-state index in [1.165, 1.54) is 23.8 Å². The lowest BCUT2D eigenvalue weighted by Crippen LogP contribution is -2.46. The van der Waals surface area contributed by atoms with Crippen LogP contribution in [-0.2, 0) is 16.0 Å². The van der Waals surface area contributed by atoms with E-state index in [9.17, 15) is 4.79 Å². The number of aromatic amines is 1. The molecule has 0 saturated carbocycles. The maximum atomic E-state index is 11.9. The second kappa shape index (κ2) is 4.94. The maximum absolute atomic E-state index is 11.9. The fourth-order valence-electron chi connectivity index (χ4n) is 3.09. The van der Waals surface area contributed by atoms with Gasteiger partial charge in [0.15, 0.2) is 0 Å². The number of aromatic nitrogens is 1. The number of esters is 1. The van der Waals surface area contributed by atoms with Gasteiger partial charge in [-0.1, -0.05) is 32.0 Å². The van der Waals surface area contributed by atoms with Gasteiger partial charge in [0.2, 0.25) is 0 Å². The van der Waals surface area contributed by atoms with Gasteiger partial charge in [0.25, 0.3) is 0 Å². The molecule has 3 rings (SSSR count). The molecule has 0 radical (unpaired) electrons. The SMILES string of the molecule is COC(=O)[C@H]1Cc2c([nH]c3ccccc23)[C@H](C(C)C)N1. The Kier molecular flexibility index (Phi) is 3.26. The Hall–Kier alpha value is -1.81. The van der Waals surface area contributed by atoms with Gasteiger partial charge in [-0.15, -0.1) is 0 Å². The summed E-state index contributed by atoms with van der Waals surface area (Å²) in [6.07, 6.45) is 0.676. The summed E-state index contributed by atoms with van der Waals surface area (Å²) >= 11 is 0. The molecule has 4 nitrogen and oxygen atoms in total. The molecule has 1 aromatic carbocycles. The molecule has 0 spiro atoms. The predicted octanol–water partition coefficient (Wildman–Crippen LogP) is 2.55. The zero-order chi connectivity index (χ0) is 14.3. The molecule has 1 aliphatic heterocycles. The van der Waals surface area contributed by atoms with Gasteiger partial charge in [-0.05, 0) is 17.5 Å².